The van der Waals surface area contributed by atoms with Gasteiger partial charge in [0.25, 0.3) is 0 Å². The molecule has 3 N–H and O–H groups in total. The van der Waals surface area contributed by atoms with Crippen LogP contribution in [0.5, 0.6) is 5.75 Å². The number of hydrogen-bond donors (Lipinski definition) is 2. The molecule has 2 aromatic carbocycles. The summed E-state index contributed by atoms with van der Waals surface area (Å²) in [5, 5.41) is 7.42. The number of aromatic nitrogens is 2. The summed E-state index contributed by atoms with van der Waals surface area (Å²) in [5.74, 6) is 0.638. The van der Waals surface area contributed by atoms with Gasteiger partial charge in [-0.25, -0.2) is 4.39 Å². The van der Waals surface area contributed by atoms with Crippen molar-refractivity contribution in [2.45, 2.75) is 19.8 Å². The predicted molar refractivity (Wildman–Crippen MR) is 97.2 cm³/mol. The van der Waals surface area contributed by atoms with Crippen LogP contribution in [0.4, 0.5) is 4.39 Å². The van der Waals surface area contributed by atoms with Gasteiger partial charge in [-0.3, -0.25) is 5.10 Å². The van der Waals surface area contributed by atoms with Crippen LogP contribution in [-0.4, -0.2) is 23.3 Å². The van der Waals surface area contributed by atoms with Gasteiger partial charge in [-0.1, -0.05) is 12.1 Å². The maximum atomic E-state index is 13.1. The molecule has 1 atom stereocenters. The van der Waals surface area contributed by atoms with E-state index in [0.29, 0.717) is 13.2 Å². The number of nitrogens with zero attached hydrogens (tertiary/aromatic N) is 1. The zero-order valence-corrected chi connectivity index (χ0v) is 14.4. The van der Waals surface area contributed by atoms with E-state index in [0.717, 1.165) is 33.8 Å². The first-order valence-electron chi connectivity index (χ1n) is 8.37. The highest BCUT2D eigenvalue weighted by atomic mass is 19.1. The molecule has 0 bridgehead atoms. The number of benzene rings is 2. The molecule has 1 heterocycles. The summed E-state index contributed by atoms with van der Waals surface area (Å²) in [5.41, 5.74) is 10.8. The van der Waals surface area contributed by atoms with E-state index in [1.165, 1.54) is 12.1 Å². The van der Waals surface area contributed by atoms with Crippen LogP contribution in [0, 0.1) is 12.7 Å². The first-order chi connectivity index (χ1) is 12.1. The number of ether oxygens (including phenoxy) is 1. The van der Waals surface area contributed by atoms with Crippen LogP contribution >= 0.6 is 0 Å². The normalized spacial score (nSPS) is 12.2. The Balaban J connectivity index is 1.89. The molecule has 0 fully saturated rings. The van der Waals surface area contributed by atoms with E-state index in [-0.39, 0.29) is 11.7 Å². The van der Waals surface area contributed by atoms with Crippen LogP contribution in [0.1, 0.15) is 29.7 Å². The van der Waals surface area contributed by atoms with Gasteiger partial charge in [-0.2, -0.15) is 5.10 Å². The van der Waals surface area contributed by atoms with E-state index in [4.69, 9.17) is 10.5 Å². The van der Waals surface area contributed by atoms with E-state index in [1.807, 2.05) is 32.0 Å². The zero-order valence-electron chi connectivity index (χ0n) is 14.4. The van der Waals surface area contributed by atoms with Gasteiger partial charge in [-0.15, -0.1) is 0 Å². The van der Waals surface area contributed by atoms with Crippen molar-refractivity contribution in [3.8, 4) is 17.0 Å². The number of H-pyrrole nitrogens is 1. The topological polar surface area (TPSA) is 63.9 Å². The Morgan fingerprint density at radius 1 is 1.16 bits per heavy atom. The molecule has 3 aromatic rings. The number of halogens is 1. The molecule has 25 heavy (non-hydrogen) atoms. The van der Waals surface area contributed by atoms with Crippen molar-refractivity contribution >= 4 is 0 Å². The first-order valence-corrected chi connectivity index (χ1v) is 8.37. The molecule has 130 valence electrons. The number of nitrogens with two attached hydrogens (primary N) is 1. The number of hydrogen-bond acceptors (Lipinski definition) is 3. The van der Waals surface area contributed by atoms with Crippen molar-refractivity contribution in [2.24, 2.45) is 5.73 Å². The number of aryl methyl sites for hydroxylation is 1. The van der Waals surface area contributed by atoms with Gasteiger partial charge in [0.1, 0.15) is 11.6 Å². The van der Waals surface area contributed by atoms with Crippen molar-refractivity contribution in [1.82, 2.24) is 10.2 Å². The maximum Gasteiger partial charge on any atom is 0.123 e. The third kappa shape index (κ3) is 3.72. The minimum Gasteiger partial charge on any atom is -0.494 e. The van der Waals surface area contributed by atoms with Crippen molar-refractivity contribution in [3.63, 3.8) is 0 Å². The second-order valence-electron chi connectivity index (χ2n) is 5.96. The summed E-state index contributed by atoms with van der Waals surface area (Å²) in [7, 11) is 0. The van der Waals surface area contributed by atoms with Crippen LogP contribution in [0.25, 0.3) is 11.3 Å². The number of rotatable bonds is 6. The molecule has 0 radical (unpaired) electrons. The van der Waals surface area contributed by atoms with Crippen LogP contribution < -0.4 is 10.5 Å². The first kappa shape index (κ1) is 17.2. The Morgan fingerprint density at radius 2 is 1.92 bits per heavy atom. The summed E-state index contributed by atoms with van der Waals surface area (Å²) in [6.45, 7) is 5.09. The van der Waals surface area contributed by atoms with Gasteiger partial charge in [0.2, 0.25) is 0 Å². The Kier molecular flexibility index (Phi) is 5.14. The molecule has 0 spiro atoms. The SMILES string of the molecule is CCOc1ccc(C(CN)c2cc(-c3ccc(F)cc3)n[nH]2)cc1C. The van der Waals surface area contributed by atoms with Crippen molar-refractivity contribution in [1.29, 1.82) is 0 Å². The van der Waals surface area contributed by atoms with Gasteiger partial charge < -0.3 is 10.5 Å². The summed E-state index contributed by atoms with van der Waals surface area (Å²) in [6.07, 6.45) is 0. The summed E-state index contributed by atoms with van der Waals surface area (Å²) >= 11 is 0. The quantitative estimate of drug-likeness (QED) is 0.713. The molecule has 3 rings (SSSR count). The van der Waals surface area contributed by atoms with E-state index in [2.05, 4.69) is 16.3 Å². The van der Waals surface area contributed by atoms with Crippen LogP contribution in [0.15, 0.2) is 48.5 Å². The lowest BCUT2D eigenvalue weighted by Crippen LogP contribution is -2.14. The Labute approximate surface area is 146 Å². The standard InChI is InChI=1S/C20H22FN3O/c1-3-25-20-9-6-15(10-13(20)2)17(12-22)19-11-18(23-24-19)14-4-7-16(21)8-5-14/h4-11,17H,3,12,22H2,1-2H3,(H,23,24). The van der Waals surface area contributed by atoms with Crippen LogP contribution in [0.2, 0.25) is 0 Å². The molecule has 0 aliphatic heterocycles. The fourth-order valence-electron chi connectivity index (χ4n) is 2.93. The molecular weight excluding hydrogens is 317 g/mol. The van der Waals surface area contributed by atoms with Gasteiger partial charge in [0.05, 0.1) is 12.3 Å². The molecule has 4 nitrogen and oxygen atoms in total. The smallest absolute Gasteiger partial charge is 0.123 e. The summed E-state index contributed by atoms with van der Waals surface area (Å²) in [4.78, 5) is 0. The third-order valence-electron chi connectivity index (χ3n) is 4.25. The second kappa shape index (κ2) is 7.49. The van der Waals surface area contributed by atoms with Crippen molar-refractivity contribution in [2.75, 3.05) is 13.2 Å². The summed E-state index contributed by atoms with van der Waals surface area (Å²) < 4.78 is 18.7. The lowest BCUT2D eigenvalue weighted by molar-refractivity contribution is 0.337. The van der Waals surface area contributed by atoms with E-state index < -0.39 is 0 Å². The summed E-state index contributed by atoms with van der Waals surface area (Å²) in [6, 6.07) is 14.4. The van der Waals surface area contributed by atoms with Crippen molar-refractivity contribution in [3.05, 3.63) is 71.2 Å². The average molecular weight is 339 g/mol. The van der Waals surface area contributed by atoms with Gasteiger partial charge in [0, 0.05) is 23.7 Å². The Morgan fingerprint density at radius 3 is 2.56 bits per heavy atom. The minimum absolute atomic E-state index is 0.0103. The highest BCUT2D eigenvalue weighted by Gasteiger charge is 2.17. The number of aromatic amines is 1. The zero-order chi connectivity index (χ0) is 17.8. The highest BCUT2D eigenvalue weighted by molar-refractivity contribution is 5.59. The molecule has 1 aromatic heterocycles. The van der Waals surface area contributed by atoms with Gasteiger partial charge in [-0.05, 0) is 61.4 Å². The van der Waals surface area contributed by atoms with E-state index >= 15 is 0 Å². The largest absolute Gasteiger partial charge is 0.494 e. The van der Waals surface area contributed by atoms with Gasteiger partial charge in [0.15, 0.2) is 0 Å². The molecule has 0 aliphatic carbocycles. The lowest BCUT2D eigenvalue weighted by Gasteiger charge is -2.16. The predicted octanol–water partition coefficient (Wildman–Crippen LogP) is 4.01. The molecule has 1 unspecified atom stereocenters. The fraction of sp³-hybridized carbons (Fsp3) is 0.250. The molecule has 5 heteroatoms. The van der Waals surface area contributed by atoms with Crippen LogP contribution in [0.3, 0.4) is 0 Å². The van der Waals surface area contributed by atoms with Crippen LogP contribution in [-0.2, 0) is 0 Å². The van der Waals surface area contributed by atoms with Crippen molar-refractivity contribution < 1.29 is 9.13 Å². The van der Waals surface area contributed by atoms with E-state index in [9.17, 15) is 4.39 Å². The molecule has 0 saturated carbocycles. The molecule has 0 aliphatic rings. The molecular formula is C20H22FN3O. The third-order valence-corrected chi connectivity index (χ3v) is 4.25. The molecule has 0 amide bonds. The van der Waals surface area contributed by atoms with E-state index in [1.54, 1.807) is 12.1 Å². The Bertz CT molecular complexity index is 842. The molecule has 0 saturated heterocycles. The Hall–Kier alpha value is -2.66. The number of nitrogens with one attached hydrogen (secondary N) is 1. The van der Waals surface area contributed by atoms with Gasteiger partial charge >= 0.3 is 0 Å². The highest BCUT2D eigenvalue weighted by Crippen LogP contribution is 2.29. The maximum absolute atomic E-state index is 13.1. The lowest BCUT2D eigenvalue weighted by atomic mass is 9.94. The second-order valence-corrected chi connectivity index (χ2v) is 5.96. The minimum atomic E-state index is -0.260. The fourth-order valence-corrected chi connectivity index (χ4v) is 2.93. The monoisotopic (exact) mass is 339 g/mol. The average Bonchev–Trinajstić information content (AvgIpc) is 3.08.